The molecule has 2 aromatic carbocycles. The Hall–Kier alpha value is -3.28. The van der Waals surface area contributed by atoms with Gasteiger partial charge in [-0.25, -0.2) is 14.4 Å². The highest BCUT2D eigenvalue weighted by Crippen LogP contribution is 2.19. The van der Waals surface area contributed by atoms with E-state index in [4.69, 9.17) is 0 Å². The summed E-state index contributed by atoms with van der Waals surface area (Å²) in [6, 6.07) is 11.7. The van der Waals surface area contributed by atoms with Crippen LogP contribution in [0.25, 0.3) is 0 Å². The standard InChI is InChI=1S/C19H17FN4O/c1-12-6-7-17(13(2)8-12)24-19-21-10-14(11-22-19)18(25)23-16-5-3-4-15(20)9-16/h3-11H,1-2H3,(H,23,25)(H,21,22,24). The molecule has 6 heteroatoms. The monoisotopic (exact) mass is 336 g/mol. The number of aryl methyl sites for hydroxylation is 2. The maximum absolute atomic E-state index is 13.2. The van der Waals surface area contributed by atoms with Crippen LogP contribution in [0.5, 0.6) is 0 Å². The van der Waals surface area contributed by atoms with Gasteiger partial charge in [0.1, 0.15) is 5.82 Å². The molecular weight excluding hydrogens is 319 g/mol. The number of rotatable bonds is 4. The molecule has 0 aliphatic carbocycles. The average Bonchev–Trinajstić information content (AvgIpc) is 2.58. The quantitative estimate of drug-likeness (QED) is 0.748. The van der Waals surface area contributed by atoms with Gasteiger partial charge in [0, 0.05) is 23.8 Å². The Balaban J connectivity index is 1.70. The van der Waals surface area contributed by atoms with Crippen LogP contribution in [0.4, 0.5) is 21.7 Å². The largest absolute Gasteiger partial charge is 0.324 e. The van der Waals surface area contributed by atoms with Gasteiger partial charge in [0.2, 0.25) is 5.95 Å². The number of hydrogen-bond donors (Lipinski definition) is 2. The summed E-state index contributed by atoms with van der Waals surface area (Å²) >= 11 is 0. The van der Waals surface area contributed by atoms with Crippen LogP contribution < -0.4 is 10.6 Å². The summed E-state index contributed by atoms with van der Waals surface area (Å²) < 4.78 is 13.2. The minimum absolute atomic E-state index is 0.287. The molecule has 0 atom stereocenters. The predicted molar refractivity (Wildman–Crippen MR) is 95.6 cm³/mol. The van der Waals surface area contributed by atoms with E-state index in [1.165, 1.54) is 36.2 Å². The number of aromatic nitrogens is 2. The summed E-state index contributed by atoms with van der Waals surface area (Å²) in [5, 5.41) is 5.72. The molecule has 0 bridgehead atoms. The maximum atomic E-state index is 13.2. The lowest BCUT2D eigenvalue weighted by molar-refractivity contribution is 0.102. The van der Waals surface area contributed by atoms with Crippen LogP contribution in [0.3, 0.4) is 0 Å². The number of benzene rings is 2. The molecule has 0 radical (unpaired) electrons. The van der Waals surface area contributed by atoms with Crippen molar-refractivity contribution in [3.63, 3.8) is 0 Å². The van der Waals surface area contributed by atoms with Crippen molar-refractivity contribution in [2.45, 2.75) is 13.8 Å². The third-order valence-electron chi connectivity index (χ3n) is 3.62. The fourth-order valence-electron chi connectivity index (χ4n) is 2.35. The maximum Gasteiger partial charge on any atom is 0.258 e. The number of carbonyl (C=O) groups is 1. The van der Waals surface area contributed by atoms with Crippen molar-refractivity contribution in [1.82, 2.24) is 9.97 Å². The molecular formula is C19H17FN4O. The first-order valence-electron chi connectivity index (χ1n) is 7.74. The molecule has 126 valence electrons. The highest BCUT2D eigenvalue weighted by molar-refractivity contribution is 6.03. The van der Waals surface area contributed by atoms with Gasteiger partial charge in [0.15, 0.2) is 0 Å². The van der Waals surface area contributed by atoms with Gasteiger partial charge >= 0.3 is 0 Å². The van der Waals surface area contributed by atoms with E-state index in [-0.39, 0.29) is 5.56 Å². The van der Waals surface area contributed by atoms with Gasteiger partial charge in [-0.05, 0) is 43.7 Å². The second-order valence-electron chi connectivity index (χ2n) is 5.70. The lowest BCUT2D eigenvalue weighted by atomic mass is 10.1. The topological polar surface area (TPSA) is 66.9 Å². The molecule has 0 unspecified atom stereocenters. The van der Waals surface area contributed by atoms with E-state index in [1.807, 2.05) is 26.0 Å². The molecule has 1 amide bonds. The smallest absolute Gasteiger partial charge is 0.258 e. The second-order valence-corrected chi connectivity index (χ2v) is 5.70. The molecule has 1 aromatic heterocycles. The second kappa shape index (κ2) is 7.09. The van der Waals surface area contributed by atoms with Gasteiger partial charge < -0.3 is 10.6 Å². The van der Waals surface area contributed by atoms with Crippen molar-refractivity contribution in [2.75, 3.05) is 10.6 Å². The van der Waals surface area contributed by atoms with Gasteiger partial charge in [-0.3, -0.25) is 4.79 Å². The van der Waals surface area contributed by atoms with Crippen LogP contribution in [0.15, 0.2) is 54.9 Å². The number of nitrogens with zero attached hydrogens (tertiary/aromatic N) is 2. The zero-order valence-corrected chi connectivity index (χ0v) is 13.9. The van der Waals surface area contributed by atoms with Crippen LogP contribution in [-0.4, -0.2) is 15.9 Å². The molecule has 1 heterocycles. The Labute approximate surface area is 145 Å². The molecule has 3 rings (SSSR count). The zero-order valence-electron chi connectivity index (χ0n) is 13.9. The zero-order chi connectivity index (χ0) is 17.8. The Kier molecular flexibility index (Phi) is 4.70. The average molecular weight is 336 g/mol. The van der Waals surface area contributed by atoms with Crippen molar-refractivity contribution < 1.29 is 9.18 Å². The van der Waals surface area contributed by atoms with Crippen molar-refractivity contribution in [3.05, 3.63) is 77.4 Å². The molecule has 0 aliphatic heterocycles. The van der Waals surface area contributed by atoms with Crippen molar-refractivity contribution >= 4 is 23.2 Å². The summed E-state index contributed by atoms with van der Waals surface area (Å²) in [5.41, 5.74) is 3.82. The van der Waals surface area contributed by atoms with Gasteiger partial charge in [0.25, 0.3) is 5.91 Å². The first-order chi connectivity index (χ1) is 12.0. The van der Waals surface area contributed by atoms with E-state index < -0.39 is 11.7 Å². The predicted octanol–water partition coefficient (Wildman–Crippen LogP) is 4.23. The molecule has 3 aromatic rings. The summed E-state index contributed by atoms with van der Waals surface area (Å²) in [6.07, 6.45) is 2.85. The normalized spacial score (nSPS) is 10.4. The Morgan fingerprint density at radius 2 is 1.80 bits per heavy atom. The number of nitrogens with one attached hydrogen (secondary N) is 2. The van der Waals surface area contributed by atoms with Crippen LogP contribution in [-0.2, 0) is 0 Å². The summed E-state index contributed by atoms with van der Waals surface area (Å²) in [4.78, 5) is 20.5. The van der Waals surface area contributed by atoms with Crippen molar-refractivity contribution in [3.8, 4) is 0 Å². The van der Waals surface area contributed by atoms with Crippen molar-refractivity contribution in [2.24, 2.45) is 0 Å². The molecule has 25 heavy (non-hydrogen) atoms. The van der Waals surface area contributed by atoms with E-state index in [0.717, 1.165) is 11.3 Å². The fraction of sp³-hybridized carbons (Fsp3) is 0.105. The van der Waals surface area contributed by atoms with E-state index in [2.05, 4.69) is 26.7 Å². The fourth-order valence-corrected chi connectivity index (χ4v) is 2.35. The lowest BCUT2D eigenvalue weighted by Gasteiger charge is -2.09. The van der Waals surface area contributed by atoms with Gasteiger partial charge in [-0.1, -0.05) is 23.8 Å². The van der Waals surface area contributed by atoms with E-state index in [1.54, 1.807) is 6.07 Å². The molecule has 0 saturated heterocycles. The van der Waals surface area contributed by atoms with E-state index >= 15 is 0 Å². The third kappa shape index (κ3) is 4.17. The van der Waals surface area contributed by atoms with Gasteiger partial charge in [-0.15, -0.1) is 0 Å². The summed E-state index contributed by atoms with van der Waals surface area (Å²) in [5.74, 6) is -0.417. The number of amides is 1. The minimum atomic E-state index is -0.415. The number of carbonyl (C=O) groups excluding carboxylic acids is 1. The van der Waals surface area contributed by atoms with Crippen LogP contribution in [0.1, 0.15) is 21.5 Å². The first kappa shape index (κ1) is 16.6. The van der Waals surface area contributed by atoms with Crippen LogP contribution >= 0.6 is 0 Å². The summed E-state index contributed by atoms with van der Waals surface area (Å²) in [7, 11) is 0. The van der Waals surface area contributed by atoms with Gasteiger partial charge in [0.05, 0.1) is 5.56 Å². The van der Waals surface area contributed by atoms with E-state index in [0.29, 0.717) is 11.6 Å². The Morgan fingerprint density at radius 3 is 2.48 bits per heavy atom. The minimum Gasteiger partial charge on any atom is -0.324 e. The number of anilines is 3. The Morgan fingerprint density at radius 1 is 1.04 bits per heavy atom. The summed E-state index contributed by atoms with van der Waals surface area (Å²) in [6.45, 7) is 4.02. The molecule has 5 nitrogen and oxygen atoms in total. The van der Waals surface area contributed by atoms with Crippen LogP contribution in [0.2, 0.25) is 0 Å². The molecule has 2 N–H and O–H groups in total. The molecule has 0 fully saturated rings. The highest BCUT2D eigenvalue weighted by Gasteiger charge is 2.09. The van der Waals surface area contributed by atoms with E-state index in [9.17, 15) is 9.18 Å². The molecule has 0 spiro atoms. The number of hydrogen-bond acceptors (Lipinski definition) is 4. The SMILES string of the molecule is Cc1ccc(Nc2ncc(C(=O)Nc3cccc(F)c3)cn2)c(C)c1. The lowest BCUT2D eigenvalue weighted by Crippen LogP contribution is -2.13. The highest BCUT2D eigenvalue weighted by atomic mass is 19.1. The number of halogens is 1. The van der Waals surface area contributed by atoms with Crippen molar-refractivity contribution in [1.29, 1.82) is 0 Å². The third-order valence-corrected chi connectivity index (χ3v) is 3.62. The van der Waals surface area contributed by atoms with Crippen LogP contribution in [0, 0.1) is 19.7 Å². The molecule has 0 aliphatic rings. The molecule has 0 saturated carbocycles. The van der Waals surface area contributed by atoms with Gasteiger partial charge in [-0.2, -0.15) is 0 Å². The Bertz CT molecular complexity index is 910. The first-order valence-corrected chi connectivity index (χ1v) is 7.74.